The Labute approximate surface area is 111 Å². The summed E-state index contributed by atoms with van der Waals surface area (Å²) in [6.45, 7) is 0. The lowest BCUT2D eigenvalue weighted by molar-refractivity contribution is 0.0690. The Balaban J connectivity index is 2.21. The molecule has 0 aliphatic carbocycles. The van der Waals surface area contributed by atoms with Gasteiger partial charge < -0.3 is 10.4 Å². The standard InChI is InChI=1S/C13H8F2N2O3/c14-9-2-1-8(6-10(9)15)17-12(18)7-3-4-16-11(5-7)13(19)20/h1-6H,(H,17,18)(H,19,20). The minimum atomic E-state index is -1.27. The summed E-state index contributed by atoms with van der Waals surface area (Å²) in [7, 11) is 0. The first-order valence-electron chi connectivity index (χ1n) is 5.43. The smallest absolute Gasteiger partial charge is 0.354 e. The van der Waals surface area contributed by atoms with E-state index in [0.29, 0.717) is 0 Å². The first kappa shape index (κ1) is 13.6. The summed E-state index contributed by atoms with van der Waals surface area (Å²) in [6.07, 6.45) is 1.17. The number of aromatic carboxylic acids is 1. The van der Waals surface area contributed by atoms with Gasteiger partial charge in [-0.2, -0.15) is 0 Å². The van der Waals surface area contributed by atoms with Crippen LogP contribution in [0.25, 0.3) is 0 Å². The van der Waals surface area contributed by atoms with Crippen molar-refractivity contribution in [2.24, 2.45) is 0 Å². The number of amides is 1. The number of aromatic nitrogens is 1. The number of rotatable bonds is 3. The van der Waals surface area contributed by atoms with Crippen molar-refractivity contribution in [3.8, 4) is 0 Å². The van der Waals surface area contributed by atoms with E-state index in [0.717, 1.165) is 18.2 Å². The number of nitrogens with one attached hydrogen (secondary N) is 1. The first-order valence-corrected chi connectivity index (χ1v) is 5.43. The molecule has 0 fully saturated rings. The van der Waals surface area contributed by atoms with E-state index in [2.05, 4.69) is 10.3 Å². The fourth-order valence-corrected chi connectivity index (χ4v) is 1.47. The van der Waals surface area contributed by atoms with Gasteiger partial charge in [-0.15, -0.1) is 0 Å². The van der Waals surface area contributed by atoms with Crippen LogP contribution in [-0.2, 0) is 0 Å². The van der Waals surface area contributed by atoms with Gasteiger partial charge in [-0.05, 0) is 24.3 Å². The minimum absolute atomic E-state index is 0.0436. The highest BCUT2D eigenvalue weighted by atomic mass is 19.2. The van der Waals surface area contributed by atoms with Gasteiger partial charge in [-0.3, -0.25) is 4.79 Å². The zero-order chi connectivity index (χ0) is 14.7. The normalized spacial score (nSPS) is 10.1. The van der Waals surface area contributed by atoms with Crippen molar-refractivity contribution in [3.63, 3.8) is 0 Å². The Hall–Kier alpha value is -2.83. The molecule has 5 nitrogen and oxygen atoms in total. The largest absolute Gasteiger partial charge is 0.477 e. The van der Waals surface area contributed by atoms with Crippen molar-refractivity contribution < 1.29 is 23.5 Å². The third kappa shape index (κ3) is 2.94. The van der Waals surface area contributed by atoms with Gasteiger partial charge in [0, 0.05) is 23.5 Å². The van der Waals surface area contributed by atoms with E-state index >= 15 is 0 Å². The van der Waals surface area contributed by atoms with E-state index in [9.17, 15) is 18.4 Å². The van der Waals surface area contributed by atoms with E-state index in [1.54, 1.807) is 0 Å². The van der Waals surface area contributed by atoms with E-state index in [1.165, 1.54) is 18.3 Å². The molecule has 1 aromatic carbocycles. The number of carboxylic acids is 1. The maximum atomic E-state index is 13.0. The monoisotopic (exact) mass is 278 g/mol. The molecule has 0 aliphatic heterocycles. The average molecular weight is 278 g/mol. The van der Waals surface area contributed by atoms with Crippen LogP contribution in [-0.4, -0.2) is 22.0 Å². The van der Waals surface area contributed by atoms with Crippen LogP contribution in [0.4, 0.5) is 14.5 Å². The number of carbonyl (C=O) groups is 2. The molecule has 2 N–H and O–H groups in total. The van der Waals surface area contributed by atoms with Crippen LogP contribution < -0.4 is 5.32 Å². The molecule has 1 aromatic heterocycles. The number of anilines is 1. The minimum Gasteiger partial charge on any atom is -0.477 e. The molecule has 2 aromatic rings. The lowest BCUT2D eigenvalue weighted by atomic mass is 10.2. The van der Waals surface area contributed by atoms with Crippen LogP contribution in [0.3, 0.4) is 0 Å². The molecule has 0 atom stereocenters. The summed E-state index contributed by atoms with van der Waals surface area (Å²) in [4.78, 5) is 26.1. The predicted octanol–water partition coefficient (Wildman–Crippen LogP) is 2.31. The third-order valence-electron chi connectivity index (χ3n) is 2.42. The Morgan fingerprint density at radius 3 is 2.50 bits per heavy atom. The summed E-state index contributed by atoms with van der Waals surface area (Å²) in [5, 5.41) is 11.1. The molecule has 2 rings (SSSR count). The number of carboxylic acid groups (broad SMARTS) is 1. The van der Waals surface area contributed by atoms with Crippen LogP contribution in [0.1, 0.15) is 20.8 Å². The average Bonchev–Trinajstić information content (AvgIpc) is 2.43. The van der Waals surface area contributed by atoms with E-state index in [-0.39, 0.29) is 16.9 Å². The van der Waals surface area contributed by atoms with Crippen LogP contribution in [0.15, 0.2) is 36.5 Å². The van der Waals surface area contributed by atoms with Gasteiger partial charge in [0.05, 0.1) is 0 Å². The molecule has 20 heavy (non-hydrogen) atoms. The zero-order valence-corrected chi connectivity index (χ0v) is 9.93. The Morgan fingerprint density at radius 2 is 1.85 bits per heavy atom. The Morgan fingerprint density at radius 1 is 1.10 bits per heavy atom. The fourth-order valence-electron chi connectivity index (χ4n) is 1.47. The molecule has 1 amide bonds. The quantitative estimate of drug-likeness (QED) is 0.903. The Bertz CT molecular complexity index is 689. The van der Waals surface area contributed by atoms with Crippen molar-refractivity contribution in [2.75, 3.05) is 5.32 Å². The van der Waals surface area contributed by atoms with Gasteiger partial charge in [0.25, 0.3) is 5.91 Å². The highest BCUT2D eigenvalue weighted by molar-refractivity contribution is 6.05. The van der Waals surface area contributed by atoms with Gasteiger partial charge in [0.2, 0.25) is 0 Å². The van der Waals surface area contributed by atoms with Crippen LogP contribution in [0, 0.1) is 11.6 Å². The van der Waals surface area contributed by atoms with Crippen LogP contribution in [0.2, 0.25) is 0 Å². The van der Waals surface area contributed by atoms with Crippen LogP contribution >= 0.6 is 0 Å². The van der Waals surface area contributed by atoms with Gasteiger partial charge in [0.1, 0.15) is 5.69 Å². The molecule has 0 bridgehead atoms. The summed E-state index contributed by atoms with van der Waals surface area (Å²) in [5.74, 6) is -4.04. The Kier molecular flexibility index (Phi) is 3.69. The molecule has 0 unspecified atom stereocenters. The molecule has 0 saturated carbocycles. The van der Waals surface area contributed by atoms with Gasteiger partial charge >= 0.3 is 5.97 Å². The highest BCUT2D eigenvalue weighted by Gasteiger charge is 2.11. The second-order valence-electron chi connectivity index (χ2n) is 3.82. The van der Waals surface area contributed by atoms with Gasteiger partial charge in [-0.1, -0.05) is 0 Å². The molecule has 1 heterocycles. The molecule has 0 spiro atoms. The topological polar surface area (TPSA) is 79.3 Å². The van der Waals surface area contributed by atoms with Crippen molar-refractivity contribution >= 4 is 17.6 Å². The maximum Gasteiger partial charge on any atom is 0.354 e. The van der Waals surface area contributed by atoms with Crippen molar-refractivity contribution in [1.29, 1.82) is 0 Å². The molecule has 0 aliphatic rings. The third-order valence-corrected chi connectivity index (χ3v) is 2.42. The number of halogens is 2. The van der Waals surface area contributed by atoms with Crippen molar-refractivity contribution in [2.45, 2.75) is 0 Å². The summed E-state index contributed by atoms with van der Waals surface area (Å²) in [6, 6.07) is 5.28. The predicted molar refractivity (Wildman–Crippen MR) is 65.5 cm³/mol. The fraction of sp³-hybridized carbons (Fsp3) is 0. The van der Waals surface area contributed by atoms with E-state index < -0.39 is 23.5 Å². The zero-order valence-electron chi connectivity index (χ0n) is 9.93. The molecular weight excluding hydrogens is 270 g/mol. The number of hydrogen-bond donors (Lipinski definition) is 2. The highest BCUT2D eigenvalue weighted by Crippen LogP contribution is 2.14. The number of benzene rings is 1. The molecule has 0 radical (unpaired) electrons. The van der Waals surface area contributed by atoms with Gasteiger partial charge in [0.15, 0.2) is 11.6 Å². The first-order chi connectivity index (χ1) is 9.47. The number of nitrogens with zero attached hydrogens (tertiary/aromatic N) is 1. The van der Waals surface area contributed by atoms with E-state index in [1.807, 2.05) is 0 Å². The number of carbonyl (C=O) groups excluding carboxylic acids is 1. The number of hydrogen-bond acceptors (Lipinski definition) is 3. The summed E-state index contributed by atoms with van der Waals surface area (Å²) < 4.78 is 25.7. The molecule has 7 heteroatoms. The lowest BCUT2D eigenvalue weighted by Gasteiger charge is -2.06. The van der Waals surface area contributed by atoms with E-state index in [4.69, 9.17) is 5.11 Å². The second-order valence-corrected chi connectivity index (χ2v) is 3.82. The molecular formula is C13H8F2N2O3. The lowest BCUT2D eigenvalue weighted by Crippen LogP contribution is -2.13. The number of pyridine rings is 1. The summed E-state index contributed by atoms with van der Waals surface area (Å²) in [5.41, 5.74) is -0.187. The molecule has 0 saturated heterocycles. The van der Waals surface area contributed by atoms with Crippen molar-refractivity contribution in [1.82, 2.24) is 4.98 Å². The van der Waals surface area contributed by atoms with Crippen LogP contribution in [0.5, 0.6) is 0 Å². The summed E-state index contributed by atoms with van der Waals surface area (Å²) >= 11 is 0. The SMILES string of the molecule is O=C(Nc1ccc(F)c(F)c1)c1ccnc(C(=O)O)c1. The van der Waals surface area contributed by atoms with Gasteiger partial charge in [-0.25, -0.2) is 18.6 Å². The van der Waals surface area contributed by atoms with Crippen molar-refractivity contribution in [3.05, 3.63) is 59.4 Å². The second kappa shape index (κ2) is 5.43. The maximum absolute atomic E-state index is 13.0. The molecule has 102 valence electrons.